The van der Waals surface area contributed by atoms with Gasteiger partial charge < -0.3 is 25.0 Å². The minimum Gasteiger partial charge on any atom is -0.493 e. The Balaban J connectivity index is 0.00000450. The molecule has 30 heavy (non-hydrogen) atoms. The molecule has 0 fully saturated rings. The van der Waals surface area contributed by atoms with Crippen LogP contribution in [0.15, 0.2) is 53.5 Å². The summed E-state index contributed by atoms with van der Waals surface area (Å²) in [6, 6.07) is 16.5. The highest BCUT2D eigenvalue weighted by Gasteiger charge is 2.02. The van der Waals surface area contributed by atoms with E-state index < -0.39 is 0 Å². The highest BCUT2D eigenvalue weighted by Crippen LogP contribution is 2.17. The fourth-order valence-corrected chi connectivity index (χ4v) is 2.79. The monoisotopic (exact) mass is 526 g/mol. The van der Waals surface area contributed by atoms with Gasteiger partial charge in [0.05, 0.1) is 13.2 Å². The topological polar surface area (TPSA) is 58.1 Å². The molecule has 0 saturated heterocycles. The van der Waals surface area contributed by atoms with E-state index in [-0.39, 0.29) is 24.0 Å². The lowest BCUT2D eigenvalue weighted by Crippen LogP contribution is -2.30. The Kier molecular flexibility index (Phi) is 13.1. The third kappa shape index (κ3) is 10.3. The van der Waals surface area contributed by atoms with Gasteiger partial charge in [-0.1, -0.05) is 30.3 Å². The molecule has 2 aromatic rings. The number of nitrogens with one attached hydrogen (secondary N) is 2. The summed E-state index contributed by atoms with van der Waals surface area (Å²) in [4.78, 5) is 6.87. The predicted molar refractivity (Wildman–Crippen MR) is 136 cm³/mol. The van der Waals surface area contributed by atoms with Crippen LogP contribution in [-0.4, -0.2) is 51.8 Å². The lowest BCUT2D eigenvalue weighted by Gasteiger charge is -2.13. The molecule has 0 radical (unpaired) electrons. The van der Waals surface area contributed by atoms with Crippen molar-refractivity contribution in [3.63, 3.8) is 0 Å². The third-order valence-electron chi connectivity index (χ3n) is 4.14. The van der Waals surface area contributed by atoms with Crippen molar-refractivity contribution >= 4 is 35.6 Å². The van der Waals surface area contributed by atoms with Gasteiger partial charge in [-0.25, -0.2) is 4.99 Å². The quantitative estimate of drug-likeness (QED) is 0.197. The van der Waals surface area contributed by atoms with Gasteiger partial charge in [0.25, 0.3) is 0 Å². The van der Waals surface area contributed by atoms with Crippen molar-refractivity contribution in [2.24, 2.45) is 4.99 Å². The van der Waals surface area contributed by atoms with E-state index in [9.17, 15) is 0 Å². The second-order valence-electron chi connectivity index (χ2n) is 7.10. The van der Waals surface area contributed by atoms with Crippen LogP contribution in [-0.2, 0) is 17.8 Å². The Labute approximate surface area is 198 Å². The SMILES string of the molecule is CCNC(=NCc1ccc(CN(C)C)cc1)Nc1cccc(OCCCOC)c1.I. The summed E-state index contributed by atoms with van der Waals surface area (Å²) < 4.78 is 10.8. The van der Waals surface area contributed by atoms with Gasteiger partial charge in [-0.3, -0.25) is 0 Å². The van der Waals surface area contributed by atoms with E-state index in [1.807, 2.05) is 24.3 Å². The minimum absolute atomic E-state index is 0. The number of rotatable bonds is 11. The lowest BCUT2D eigenvalue weighted by molar-refractivity contribution is 0.172. The number of ether oxygens (including phenoxy) is 2. The van der Waals surface area contributed by atoms with E-state index in [1.54, 1.807) is 7.11 Å². The zero-order chi connectivity index (χ0) is 20.9. The summed E-state index contributed by atoms with van der Waals surface area (Å²) in [5.41, 5.74) is 3.42. The number of methoxy groups -OCH3 is 1. The molecule has 2 aromatic carbocycles. The number of hydrogen-bond acceptors (Lipinski definition) is 4. The van der Waals surface area contributed by atoms with Crippen LogP contribution in [0, 0.1) is 0 Å². The normalized spacial score (nSPS) is 11.2. The summed E-state index contributed by atoms with van der Waals surface area (Å²) in [6.45, 7) is 5.74. The van der Waals surface area contributed by atoms with E-state index in [1.165, 1.54) is 11.1 Å². The smallest absolute Gasteiger partial charge is 0.196 e. The van der Waals surface area contributed by atoms with Crippen molar-refractivity contribution in [1.29, 1.82) is 0 Å². The summed E-state index contributed by atoms with van der Waals surface area (Å²) in [7, 11) is 5.85. The number of guanidine groups is 1. The molecule has 6 nitrogen and oxygen atoms in total. The zero-order valence-electron chi connectivity index (χ0n) is 18.5. The fraction of sp³-hybridized carbons (Fsp3) is 0.435. The second kappa shape index (κ2) is 15.0. The van der Waals surface area contributed by atoms with Crippen LogP contribution < -0.4 is 15.4 Å². The molecule has 0 aromatic heterocycles. The first kappa shape index (κ1) is 26.2. The van der Waals surface area contributed by atoms with Crippen molar-refractivity contribution in [2.45, 2.75) is 26.4 Å². The van der Waals surface area contributed by atoms with Gasteiger partial charge >= 0.3 is 0 Å². The first-order chi connectivity index (χ1) is 14.1. The van der Waals surface area contributed by atoms with E-state index in [2.05, 4.69) is 60.8 Å². The second-order valence-corrected chi connectivity index (χ2v) is 7.10. The van der Waals surface area contributed by atoms with E-state index >= 15 is 0 Å². The maximum atomic E-state index is 5.77. The summed E-state index contributed by atoms with van der Waals surface area (Å²) >= 11 is 0. The van der Waals surface area contributed by atoms with Crippen LogP contribution in [0.2, 0.25) is 0 Å². The van der Waals surface area contributed by atoms with Crippen molar-refractivity contribution in [3.8, 4) is 5.75 Å². The van der Waals surface area contributed by atoms with E-state index in [4.69, 9.17) is 14.5 Å². The van der Waals surface area contributed by atoms with E-state index in [0.29, 0.717) is 19.8 Å². The number of hydrogen-bond donors (Lipinski definition) is 2. The maximum Gasteiger partial charge on any atom is 0.196 e. The largest absolute Gasteiger partial charge is 0.493 e. The van der Waals surface area contributed by atoms with Crippen LogP contribution in [0.25, 0.3) is 0 Å². The number of nitrogens with zero attached hydrogens (tertiary/aromatic N) is 2. The molecule has 0 aliphatic rings. The van der Waals surface area contributed by atoms with Crippen LogP contribution in [0.3, 0.4) is 0 Å². The first-order valence-electron chi connectivity index (χ1n) is 10.1. The standard InChI is InChI=1S/C23H34N4O2.HI/c1-5-24-23(25-17-19-10-12-20(13-11-19)18-27(2)3)26-21-8-6-9-22(16-21)29-15-7-14-28-4;/h6,8-13,16H,5,7,14-15,17-18H2,1-4H3,(H2,24,25,26);1H. The number of halogens is 1. The lowest BCUT2D eigenvalue weighted by atomic mass is 10.1. The molecule has 166 valence electrons. The van der Waals surface area contributed by atoms with Gasteiger partial charge in [-0.05, 0) is 44.3 Å². The number of benzene rings is 2. The minimum atomic E-state index is 0. The maximum absolute atomic E-state index is 5.77. The molecule has 0 unspecified atom stereocenters. The van der Waals surface area contributed by atoms with Crippen molar-refractivity contribution in [2.75, 3.05) is 46.3 Å². The van der Waals surface area contributed by atoms with Crippen molar-refractivity contribution < 1.29 is 9.47 Å². The molecule has 7 heteroatoms. The van der Waals surface area contributed by atoms with Crippen molar-refractivity contribution in [3.05, 3.63) is 59.7 Å². The number of anilines is 1. The highest BCUT2D eigenvalue weighted by atomic mass is 127. The van der Waals surface area contributed by atoms with Gasteiger partial charge in [-0.2, -0.15) is 0 Å². The zero-order valence-corrected chi connectivity index (χ0v) is 20.8. The molecule has 0 atom stereocenters. The molecule has 0 aliphatic heterocycles. The highest BCUT2D eigenvalue weighted by molar-refractivity contribution is 14.0. The molecule has 0 bridgehead atoms. The third-order valence-corrected chi connectivity index (χ3v) is 4.14. The summed E-state index contributed by atoms with van der Waals surface area (Å²) in [5.74, 6) is 1.58. The van der Waals surface area contributed by atoms with Gasteiger partial charge in [0, 0.05) is 45.0 Å². The van der Waals surface area contributed by atoms with Crippen LogP contribution in [0.4, 0.5) is 5.69 Å². The molecule has 0 heterocycles. The molecule has 0 aliphatic carbocycles. The molecular formula is C23H35IN4O2. The Bertz CT molecular complexity index is 751. The van der Waals surface area contributed by atoms with Crippen LogP contribution in [0.5, 0.6) is 5.75 Å². The Morgan fingerprint density at radius 3 is 2.43 bits per heavy atom. The van der Waals surface area contributed by atoms with Gasteiger partial charge in [0.15, 0.2) is 5.96 Å². The molecule has 0 spiro atoms. The van der Waals surface area contributed by atoms with Gasteiger partial charge in [-0.15, -0.1) is 24.0 Å². The van der Waals surface area contributed by atoms with Crippen LogP contribution in [0.1, 0.15) is 24.5 Å². The summed E-state index contributed by atoms with van der Waals surface area (Å²) in [5, 5.41) is 6.65. The van der Waals surface area contributed by atoms with Crippen molar-refractivity contribution in [1.82, 2.24) is 10.2 Å². The summed E-state index contributed by atoms with van der Waals surface area (Å²) in [6.07, 6.45) is 0.867. The molecule has 0 saturated carbocycles. The molecule has 0 amide bonds. The Morgan fingerprint density at radius 2 is 1.77 bits per heavy atom. The molecular weight excluding hydrogens is 491 g/mol. The van der Waals surface area contributed by atoms with Gasteiger partial charge in [0.2, 0.25) is 0 Å². The average Bonchev–Trinajstić information content (AvgIpc) is 2.71. The molecule has 2 rings (SSSR count). The first-order valence-corrected chi connectivity index (χ1v) is 10.1. The fourth-order valence-electron chi connectivity index (χ4n) is 2.79. The molecule has 2 N–H and O–H groups in total. The Hall–Kier alpha value is -1.84. The number of aliphatic imine (C=N–C) groups is 1. The predicted octanol–water partition coefficient (Wildman–Crippen LogP) is 4.36. The van der Waals surface area contributed by atoms with Crippen LogP contribution >= 0.6 is 24.0 Å². The Morgan fingerprint density at radius 1 is 1.03 bits per heavy atom. The average molecular weight is 526 g/mol. The van der Waals surface area contributed by atoms with Gasteiger partial charge in [0.1, 0.15) is 5.75 Å². The van der Waals surface area contributed by atoms with E-state index in [0.717, 1.165) is 36.9 Å².